The normalized spacial score (nSPS) is 12.4. The first-order valence-electron chi connectivity index (χ1n) is 8.60. The molecule has 4 rings (SSSR count). The topological polar surface area (TPSA) is 84.2 Å². The largest absolute Gasteiger partial charge is 0.491 e. The van der Waals surface area contributed by atoms with E-state index in [0.717, 1.165) is 27.8 Å². The maximum Gasteiger partial charge on any atom is 0.276 e. The molecule has 4 aromatic rings. The van der Waals surface area contributed by atoms with Crippen LogP contribution in [0.1, 0.15) is 5.56 Å². The lowest BCUT2D eigenvalue weighted by atomic mass is 10.2. The second-order valence-corrected chi connectivity index (χ2v) is 7.13. The third-order valence-corrected chi connectivity index (χ3v) is 5.11. The van der Waals surface area contributed by atoms with Gasteiger partial charge >= 0.3 is 0 Å². The lowest BCUT2D eigenvalue weighted by molar-refractivity contribution is 0.126. The number of para-hydroxylation sites is 2. The molecule has 0 saturated heterocycles. The Labute approximate surface area is 160 Å². The molecule has 0 bridgehead atoms. The molecule has 2 aromatic heterocycles. The van der Waals surface area contributed by atoms with Crippen LogP contribution in [0.2, 0.25) is 0 Å². The molecular formula is C20H19N3O3S. The van der Waals surface area contributed by atoms with E-state index in [1.54, 1.807) is 0 Å². The zero-order valence-corrected chi connectivity index (χ0v) is 15.6. The molecule has 2 N–H and O–H groups in total. The Morgan fingerprint density at radius 1 is 1.15 bits per heavy atom. The number of aromatic nitrogens is 3. The van der Waals surface area contributed by atoms with Crippen LogP contribution in [0.25, 0.3) is 22.4 Å². The van der Waals surface area contributed by atoms with E-state index in [2.05, 4.69) is 15.2 Å². The first-order valence-corrected chi connectivity index (χ1v) is 9.58. The highest BCUT2D eigenvalue weighted by atomic mass is 32.2. The summed E-state index contributed by atoms with van der Waals surface area (Å²) in [4.78, 5) is 3.19. The molecule has 0 radical (unpaired) electrons. The molecule has 138 valence electrons. The van der Waals surface area contributed by atoms with Gasteiger partial charge in [0.2, 0.25) is 0 Å². The number of H-pyrrole nitrogens is 1. The number of nitrogens with one attached hydrogen (secondary N) is 1. The number of aliphatic hydroxyl groups excluding tert-OH is 1. The number of aliphatic hydroxyl groups is 1. The third kappa shape index (κ3) is 3.99. The summed E-state index contributed by atoms with van der Waals surface area (Å²) in [6.07, 6.45) is 1.22. The van der Waals surface area contributed by atoms with Crippen LogP contribution in [0, 0.1) is 6.92 Å². The number of thioether (sulfide) groups is 1. The van der Waals surface area contributed by atoms with Gasteiger partial charge in [-0.3, -0.25) is 0 Å². The number of hydrogen-bond donors (Lipinski definition) is 2. The van der Waals surface area contributed by atoms with Gasteiger partial charge in [-0.25, -0.2) is 0 Å². The number of fused-ring (bicyclic) bond motifs is 1. The van der Waals surface area contributed by atoms with E-state index in [4.69, 9.17) is 9.15 Å². The second kappa shape index (κ2) is 7.85. The highest BCUT2D eigenvalue weighted by molar-refractivity contribution is 7.99. The first kappa shape index (κ1) is 17.6. The van der Waals surface area contributed by atoms with E-state index in [1.807, 2.05) is 61.7 Å². The van der Waals surface area contributed by atoms with Gasteiger partial charge in [0.15, 0.2) is 0 Å². The summed E-state index contributed by atoms with van der Waals surface area (Å²) in [6, 6.07) is 15.7. The number of ether oxygens (including phenoxy) is 1. The Balaban J connectivity index is 1.35. The Bertz CT molecular complexity index is 1040. The van der Waals surface area contributed by atoms with Crippen molar-refractivity contribution in [3.8, 4) is 17.2 Å². The van der Waals surface area contributed by atoms with Crippen LogP contribution in [-0.4, -0.2) is 38.8 Å². The molecule has 0 aliphatic rings. The van der Waals surface area contributed by atoms with Gasteiger partial charge in [0, 0.05) is 22.9 Å². The summed E-state index contributed by atoms with van der Waals surface area (Å²) in [6.45, 7) is 2.18. The van der Waals surface area contributed by atoms with Crippen molar-refractivity contribution in [1.29, 1.82) is 0 Å². The Morgan fingerprint density at radius 3 is 2.85 bits per heavy atom. The smallest absolute Gasteiger partial charge is 0.276 e. The number of hydrogen-bond acceptors (Lipinski definition) is 6. The van der Waals surface area contributed by atoms with Crippen LogP contribution in [0.4, 0.5) is 0 Å². The van der Waals surface area contributed by atoms with Gasteiger partial charge in [-0.1, -0.05) is 48.2 Å². The molecule has 7 heteroatoms. The highest BCUT2D eigenvalue weighted by Gasteiger charge is 2.15. The molecule has 0 spiro atoms. The van der Waals surface area contributed by atoms with Crippen molar-refractivity contribution < 1.29 is 14.3 Å². The van der Waals surface area contributed by atoms with Gasteiger partial charge in [-0.2, -0.15) is 0 Å². The lowest BCUT2D eigenvalue weighted by Gasteiger charge is -2.12. The quantitative estimate of drug-likeness (QED) is 0.470. The zero-order chi connectivity index (χ0) is 18.6. The van der Waals surface area contributed by atoms with Gasteiger partial charge < -0.3 is 19.2 Å². The molecule has 0 aliphatic carbocycles. The van der Waals surface area contributed by atoms with Crippen molar-refractivity contribution in [2.75, 3.05) is 12.4 Å². The van der Waals surface area contributed by atoms with E-state index in [9.17, 15) is 5.11 Å². The molecule has 2 aromatic carbocycles. The summed E-state index contributed by atoms with van der Waals surface area (Å²) in [5.74, 6) is 1.64. The fourth-order valence-corrected chi connectivity index (χ4v) is 3.41. The molecule has 1 atom stereocenters. The van der Waals surface area contributed by atoms with Crippen LogP contribution < -0.4 is 4.74 Å². The molecule has 0 fully saturated rings. The van der Waals surface area contributed by atoms with Gasteiger partial charge in [0.25, 0.3) is 11.1 Å². The van der Waals surface area contributed by atoms with E-state index in [0.29, 0.717) is 16.9 Å². The van der Waals surface area contributed by atoms with E-state index < -0.39 is 6.10 Å². The third-order valence-electron chi connectivity index (χ3n) is 4.15. The second-order valence-electron chi connectivity index (χ2n) is 6.16. The number of aryl methyl sites for hydroxylation is 1. The van der Waals surface area contributed by atoms with Crippen LogP contribution in [0.3, 0.4) is 0 Å². The average Bonchev–Trinajstić information content (AvgIpc) is 3.32. The monoisotopic (exact) mass is 381 g/mol. The first-order chi connectivity index (χ1) is 13.2. The molecule has 2 heterocycles. The molecular weight excluding hydrogens is 362 g/mol. The standard InChI is InChI=1S/C20H19N3O3S/c1-13-6-2-5-9-18(13)25-11-14(24)12-27-20-23-22-19(26-20)16-10-21-17-8-4-3-7-15(16)17/h2-10,14,21,24H,11-12H2,1H3/t14-/m1/s1. The van der Waals surface area contributed by atoms with Crippen molar-refractivity contribution in [1.82, 2.24) is 15.2 Å². The van der Waals surface area contributed by atoms with Crippen molar-refractivity contribution in [3.63, 3.8) is 0 Å². The van der Waals surface area contributed by atoms with Crippen LogP contribution in [0.5, 0.6) is 5.75 Å². The lowest BCUT2D eigenvalue weighted by Crippen LogP contribution is -2.20. The van der Waals surface area contributed by atoms with Gasteiger partial charge in [-0.15, -0.1) is 10.2 Å². The predicted octanol–water partition coefficient (Wildman–Crippen LogP) is 4.06. The van der Waals surface area contributed by atoms with Crippen molar-refractivity contribution in [2.24, 2.45) is 0 Å². The fourth-order valence-electron chi connectivity index (χ4n) is 2.75. The summed E-state index contributed by atoms with van der Waals surface area (Å²) < 4.78 is 11.4. The van der Waals surface area contributed by atoms with E-state index in [1.165, 1.54) is 11.8 Å². The van der Waals surface area contributed by atoms with Crippen LogP contribution >= 0.6 is 11.8 Å². The average molecular weight is 381 g/mol. The molecule has 0 saturated carbocycles. The Morgan fingerprint density at radius 2 is 1.96 bits per heavy atom. The number of benzene rings is 2. The number of rotatable bonds is 7. The van der Waals surface area contributed by atoms with E-state index in [-0.39, 0.29) is 6.61 Å². The molecule has 0 amide bonds. The fraction of sp³-hybridized carbons (Fsp3) is 0.200. The van der Waals surface area contributed by atoms with Crippen LogP contribution in [0.15, 0.2) is 64.4 Å². The minimum atomic E-state index is -0.641. The van der Waals surface area contributed by atoms with Gasteiger partial charge in [0.1, 0.15) is 12.4 Å². The van der Waals surface area contributed by atoms with Gasteiger partial charge in [-0.05, 0) is 24.6 Å². The molecule has 0 aliphatic heterocycles. The zero-order valence-electron chi connectivity index (χ0n) is 14.8. The molecule has 27 heavy (non-hydrogen) atoms. The molecule has 6 nitrogen and oxygen atoms in total. The van der Waals surface area contributed by atoms with Crippen molar-refractivity contribution in [2.45, 2.75) is 18.3 Å². The SMILES string of the molecule is Cc1ccccc1OC[C@@H](O)CSc1nnc(-c2c[nH]c3ccccc23)o1. The molecule has 0 unspecified atom stereocenters. The predicted molar refractivity (Wildman–Crippen MR) is 105 cm³/mol. The van der Waals surface area contributed by atoms with Crippen LogP contribution in [-0.2, 0) is 0 Å². The van der Waals surface area contributed by atoms with E-state index >= 15 is 0 Å². The minimum Gasteiger partial charge on any atom is -0.491 e. The maximum absolute atomic E-state index is 10.2. The summed E-state index contributed by atoms with van der Waals surface area (Å²) in [7, 11) is 0. The summed E-state index contributed by atoms with van der Waals surface area (Å²) in [5, 5.41) is 19.8. The van der Waals surface area contributed by atoms with Crippen molar-refractivity contribution >= 4 is 22.7 Å². The highest BCUT2D eigenvalue weighted by Crippen LogP contribution is 2.29. The minimum absolute atomic E-state index is 0.210. The Kier molecular flexibility index (Phi) is 5.13. The summed E-state index contributed by atoms with van der Waals surface area (Å²) in [5.41, 5.74) is 2.93. The Hall–Kier alpha value is -2.77. The maximum atomic E-state index is 10.2. The number of aromatic amines is 1. The number of nitrogens with zero attached hydrogens (tertiary/aromatic N) is 2. The van der Waals surface area contributed by atoms with Crippen molar-refractivity contribution in [3.05, 3.63) is 60.3 Å². The van der Waals surface area contributed by atoms with Gasteiger partial charge in [0.05, 0.1) is 11.7 Å². The summed E-state index contributed by atoms with van der Waals surface area (Å²) >= 11 is 1.31.